The maximum Gasteiger partial charge on any atom is 0.233 e. The van der Waals surface area contributed by atoms with Gasteiger partial charge in [-0.3, -0.25) is 9.20 Å². The molecule has 3 rings (SSSR count). The lowest BCUT2D eigenvalue weighted by molar-refractivity contribution is -0.132. The minimum Gasteiger partial charge on any atom is -0.339 e. The monoisotopic (exact) mass is 304 g/mol. The first kappa shape index (κ1) is 14.4. The highest BCUT2D eigenvalue weighted by molar-refractivity contribution is 7.99. The van der Waals surface area contributed by atoms with Crippen LogP contribution in [-0.4, -0.2) is 43.7 Å². The largest absolute Gasteiger partial charge is 0.339 e. The number of amides is 1. The van der Waals surface area contributed by atoms with Gasteiger partial charge in [0.25, 0.3) is 0 Å². The average Bonchev–Trinajstić information content (AvgIpc) is 2.96. The number of thioether (sulfide) groups is 1. The van der Waals surface area contributed by atoms with E-state index in [4.69, 9.17) is 0 Å². The van der Waals surface area contributed by atoms with E-state index in [2.05, 4.69) is 22.0 Å². The maximum atomic E-state index is 12.4. The number of piperidine rings is 1. The van der Waals surface area contributed by atoms with Crippen molar-refractivity contribution in [1.29, 1.82) is 0 Å². The number of carbonyl (C=O) groups is 1. The van der Waals surface area contributed by atoms with Crippen LogP contribution in [0.2, 0.25) is 0 Å². The molecule has 0 radical (unpaired) electrons. The Hall–Kier alpha value is -1.56. The molecular weight excluding hydrogens is 284 g/mol. The number of fused-ring (bicyclic) bond motifs is 1. The van der Waals surface area contributed by atoms with Gasteiger partial charge in [0.15, 0.2) is 10.8 Å². The Labute approximate surface area is 128 Å². The van der Waals surface area contributed by atoms with Crippen molar-refractivity contribution in [3.63, 3.8) is 0 Å². The molecule has 0 aliphatic carbocycles. The molecule has 1 saturated heterocycles. The van der Waals surface area contributed by atoms with E-state index in [-0.39, 0.29) is 5.91 Å². The number of rotatable bonds is 4. The van der Waals surface area contributed by atoms with Gasteiger partial charge < -0.3 is 4.90 Å². The Morgan fingerprint density at radius 2 is 2.29 bits per heavy atom. The number of carbonyl (C=O) groups excluding carboxylic acids is 1. The van der Waals surface area contributed by atoms with Gasteiger partial charge in [0.2, 0.25) is 5.91 Å². The third-order valence-electron chi connectivity index (χ3n) is 4.03. The Balaban J connectivity index is 1.65. The molecule has 112 valence electrons. The summed E-state index contributed by atoms with van der Waals surface area (Å²) in [6, 6.07) is 6.21. The molecule has 2 aromatic heterocycles. The van der Waals surface area contributed by atoms with Crippen molar-refractivity contribution in [2.75, 3.05) is 12.3 Å². The van der Waals surface area contributed by atoms with Gasteiger partial charge >= 0.3 is 0 Å². The molecule has 1 unspecified atom stereocenters. The van der Waals surface area contributed by atoms with Crippen molar-refractivity contribution in [3.8, 4) is 0 Å². The minimum absolute atomic E-state index is 0.222. The van der Waals surface area contributed by atoms with E-state index in [1.54, 1.807) is 0 Å². The second kappa shape index (κ2) is 6.47. The van der Waals surface area contributed by atoms with Gasteiger partial charge in [-0.15, -0.1) is 10.2 Å². The Bertz CT molecular complexity index is 627. The Morgan fingerprint density at radius 1 is 1.38 bits per heavy atom. The first-order valence-electron chi connectivity index (χ1n) is 7.51. The van der Waals surface area contributed by atoms with E-state index in [1.807, 2.05) is 28.8 Å². The van der Waals surface area contributed by atoms with Gasteiger partial charge in [-0.2, -0.15) is 0 Å². The van der Waals surface area contributed by atoms with Crippen molar-refractivity contribution in [3.05, 3.63) is 24.4 Å². The lowest BCUT2D eigenvalue weighted by Crippen LogP contribution is -2.44. The zero-order valence-corrected chi connectivity index (χ0v) is 13.1. The normalized spacial score (nSPS) is 19.1. The van der Waals surface area contributed by atoms with Crippen LogP contribution in [0.15, 0.2) is 29.6 Å². The lowest BCUT2D eigenvalue weighted by atomic mass is 10.0. The highest BCUT2D eigenvalue weighted by Gasteiger charge is 2.25. The van der Waals surface area contributed by atoms with Crippen molar-refractivity contribution in [1.82, 2.24) is 19.5 Å². The van der Waals surface area contributed by atoms with Gasteiger partial charge in [-0.1, -0.05) is 24.8 Å². The summed E-state index contributed by atoms with van der Waals surface area (Å²) >= 11 is 1.47. The molecular formula is C15H20N4OS. The van der Waals surface area contributed by atoms with Gasteiger partial charge in [-0.05, 0) is 37.8 Å². The van der Waals surface area contributed by atoms with Crippen LogP contribution in [0.1, 0.15) is 32.6 Å². The minimum atomic E-state index is 0.222. The van der Waals surface area contributed by atoms with Crippen LogP contribution in [-0.2, 0) is 4.79 Å². The molecule has 0 saturated carbocycles. The van der Waals surface area contributed by atoms with E-state index < -0.39 is 0 Å². The summed E-state index contributed by atoms with van der Waals surface area (Å²) in [5.41, 5.74) is 0.817. The number of hydrogen-bond donors (Lipinski definition) is 0. The van der Waals surface area contributed by atoms with Gasteiger partial charge in [0.1, 0.15) is 0 Å². The molecule has 0 aromatic carbocycles. The lowest BCUT2D eigenvalue weighted by Gasteiger charge is -2.35. The molecule has 3 heterocycles. The molecule has 1 atom stereocenters. The number of pyridine rings is 1. The highest BCUT2D eigenvalue weighted by Crippen LogP contribution is 2.22. The molecule has 6 heteroatoms. The van der Waals surface area contributed by atoms with E-state index >= 15 is 0 Å². The molecule has 1 aliphatic heterocycles. The summed E-state index contributed by atoms with van der Waals surface area (Å²) in [6.45, 7) is 3.06. The van der Waals surface area contributed by atoms with Crippen molar-refractivity contribution in [2.45, 2.75) is 43.8 Å². The molecule has 21 heavy (non-hydrogen) atoms. The van der Waals surface area contributed by atoms with Crippen LogP contribution in [0, 0.1) is 0 Å². The van der Waals surface area contributed by atoms with E-state index in [1.165, 1.54) is 18.2 Å². The fraction of sp³-hybridized carbons (Fsp3) is 0.533. The standard InChI is InChI=1S/C15H20N4OS/c1-2-12-7-3-5-9-18(12)14(20)11-21-15-17-16-13-8-4-6-10-19(13)15/h4,6,8,10,12H,2-3,5,7,9,11H2,1H3. The van der Waals surface area contributed by atoms with Crippen LogP contribution in [0.25, 0.3) is 5.65 Å². The summed E-state index contributed by atoms with van der Waals surface area (Å²) in [5, 5.41) is 9.05. The van der Waals surface area contributed by atoms with Crippen LogP contribution in [0.4, 0.5) is 0 Å². The van der Waals surface area contributed by atoms with E-state index in [0.29, 0.717) is 11.8 Å². The fourth-order valence-corrected chi connectivity index (χ4v) is 3.69. The average molecular weight is 304 g/mol. The molecule has 1 fully saturated rings. The molecule has 1 amide bonds. The van der Waals surface area contributed by atoms with Gasteiger partial charge in [-0.25, -0.2) is 0 Å². The summed E-state index contributed by atoms with van der Waals surface area (Å²) in [4.78, 5) is 14.5. The zero-order valence-electron chi connectivity index (χ0n) is 12.2. The number of aromatic nitrogens is 3. The topological polar surface area (TPSA) is 50.5 Å². The van der Waals surface area contributed by atoms with Gasteiger partial charge in [0.05, 0.1) is 5.75 Å². The summed E-state index contributed by atoms with van der Waals surface area (Å²) < 4.78 is 1.92. The van der Waals surface area contributed by atoms with E-state index in [9.17, 15) is 4.79 Å². The smallest absolute Gasteiger partial charge is 0.233 e. The number of nitrogens with zero attached hydrogens (tertiary/aromatic N) is 4. The molecule has 2 aromatic rings. The third kappa shape index (κ3) is 3.05. The molecule has 0 spiro atoms. The molecule has 0 bridgehead atoms. The van der Waals surface area contributed by atoms with Crippen molar-refractivity contribution in [2.24, 2.45) is 0 Å². The zero-order chi connectivity index (χ0) is 14.7. The predicted octanol–water partition coefficient (Wildman–Crippen LogP) is 2.61. The predicted molar refractivity (Wildman–Crippen MR) is 83.4 cm³/mol. The highest BCUT2D eigenvalue weighted by atomic mass is 32.2. The summed E-state index contributed by atoms with van der Waals surface area (Å²) in [7, 11) is 0. The second-order valence-corrected chi connectivity index (χ2v) is 6.29. The maximum absolute atomic E-state index is 12.4. The Morgan fingerprint density at radius 3 is 3.14 bits per heavy atom. The fourth-order valence-electron chi connectivity index (χ4n) is 2.88. The summed E-state index contributed by atoms with van der Waals surface area (Å²) in [5.74, 6) is 0.658. The second-order valence-electron chi connectivity index (χ2n) is 5.35. The van der Waals surface area contributed by atoms with Crippen LogP contribution in [0.3, 0.4) is 0 Å². The first-order chi connectivity index (χ1) is 10.3. The first-order valence-corrected chi connectivity index (χ1v) is 8.50. The van der Waals surface area contributed by atoms with Crippen molar-refractivity contribution >= 4 is 23.3 Å². The molecule has 0 N–H and O–H groups in total. The third-order valence-corrected chi connectivity index (χ3v) is 4.95. The molecule has 1 aliphatic rings. The number of likely N-dealkylation sites (tertiary alicyclic amines) is 1. The Kier molecular flexibility index (Phi) is 4.43. The van der Waals surface area contributed by atoms with Crippen molar-refractivity contribution < 1.29 is 4.79 Å². The van der Waals surface area contributed by atoms with Crippen LogP contribution in [0.5, 0.6) is 0 Å². The van der Waals surface area contributed by atoms with Crippen LogP contribution < -0.4 is 0 Å². The summed E-state index contributed by atoms with van der Waals surface area (Å²) in [6.07, 6.45) is 6.48. The molecule has 5 nitrogen and oxygen atoms in total. The number of hydrogen-bond acceptors (Lipinski definition) is 4. The van der Waals surface area contributed by atoms with E-state index in [0.717, 1.165) is 36.6 Å². The van der Waals surface area contributed by atoms with Crippen LogP contribution >= 0.6 is 11.8 Å². The SMILES string of the molecule is CCC1CCCCN1C(=O)CSc1nnc2ccccn12. The quantitative estimate of drug-likeness (QED) is 0.815. The van der Waals surface area contributed by atoms with Gasteiger partial charge in [0, 0.05) is 18.8 Å².